The van der Waals surface area contributed by atoms with E-state index in [-0.39, 0.29) is 0 Å². The van der Waals surface area contributed by atoms with Gasteiger partial charge in [0.2, 0.25) is 5.95 Å². The molecule has 1 aromatic carbocycles. The summed E-state index contributed by atoms with van der Waals surface area (Å²) in [5.74, 6) is 2.21. The second kappa shape index (κ2) is 7.98. The average Bonchev–Trinajstić information content (AvgIpc) is 3.34. The summed E-state index contributed by atoms with van der Waals surface area (Å²) < 4.78 is 0. The maximum absolute atomic E-state index is 6.26. The minimum atomic E-state index is 0.438. The molecule has 0 amide bonds. The third kappa shape index (κ3) is 4.90. The van der Waals surface area contributed by atoms with E-state index >= 15 is 0 Å². The molecule has 25 heavy (non-hydrogen) atoms. The van der Waals surface area contributed by atoms with E-state index in [0.717, 1.165) is 36.9 Å². The minimum Gasteiger partial charge on any atom is -0.356 e. The van der Waals surface area contributed by atoms with Crippen molar-refractivity contribution in [1.29, 1.82) is 0 Å². The molecule has 0 saturated heterocycles. The monoisotopic (exact) mass is 398 g/mol. The lowest BCUT2D eigenvalue weighted by atomic mass is 10.3. The van der Waals surface area contributed by atoms with Crippen LogP contribution in [0.2, 0.25) is 15.1 Å². The Bertz CT molecular complexity index is 739. The number of halogens is 3. The number of hydrogen-bond acceptors (Lipinski definition) is 4. The largest absolute Gasteiger partial charge is 0.356 e. The van der Waals surface area contributed by atoms with Gasteiger partial charge >= 0.3 is 0 Å². The third-order valence-corrected chi connectivity index (χ3v) is 4.89. The number of nitrogens with one attached hydrogen (secondary N) is 1. The number of aryl methyl sites for hydroxylation is 1. The fourth-order valence-corrected chi connectivity index (χ4v) is 3.64. The van der Waals surface area contributed by atoms with Gasteiger partial charge < -0.3 is 10.2 Å². The first-order chi connectivity index (χ1) is 12.0. The van der Waals surface area contributed by atoms with E-state index in [9.17, 15) is 0 Å². The molecule has 0 spiro atoms. The van der Waals surface area contributed by atoms with Crippen LogP contribution < -0.4 is 10.2 Å². The highest BCUT2D eigenvalue weighted by molar-refractivity contribution is 6.41. The van der Waals surface area contributed by atoms with Gasteiger partial charge in [0.15, 0.2) is 0 Å². The zero-order chi connectivity index (χ0) is 18.0. The molecule has 1 N–H and O–H groups in total. The van der Waals surface area contributed by atoms with Gasteiger partial charge in [-0.2, -0.15) is 4.98 Å². The van der Waals surface area contributed by atoms with Crippen LogP contribution in [0, 0.1) is 12.8 Å². The Kier molecular flexibility index (Phi) is 5.92. The third-order valence-electron chi connectivity index (χ3n) is 4.08. The van der Waals surface area contributed by atoms with Crippen LogP contribution in [0.4, 0.5) is 17.5 Å². The topological polar surface area (TPSA) is 41.1 Å². The minimum absolute atomic E-state index is 0.438. The van der Waals surface area contributed by atoms with Crippen molar-refractivity contribution < 1.29 is 0 Å². The number of hydrogen-bond donors (Lipinski definition) is 1. The number of benzene rings is 1. The first kappa shape index (κ1) is 18.6. The first-order valence-electron chi connectivity index (χ1n) is 8.48. The summed E-state index contributed by atoms with van der Waals surface area (Å²) in [6.45, 7) is 6.17. The van der Waals surface area contributed by atoms with Gasteiger partial charge in [0, 0.05) is 29.9 Å². The van der Waals surface area contributed by atoms with Crippen molar-refractivity contribution in [3.8, 4) is 0 Å². The summed E-state index contributed by atoms with van der Waals surface area (Å²) in [6, 6.07) is 5.31. The summed E-state index contributed by atoms with van der Waals surface area (Å²) in [5, 5.41) is 4.51. The zero-order valence-corrected chi connectivity index (χ0v) is 16.6. The number of anilines is 3. The Hall–Kier alpha value is -1.23. The van der Waals surface area contributed by atoms with Gasteiger partial charge in [-0.3, -0.25) is 0 Å². The molecule has 134 valence electrons. The Morgan fingerprint density at radius 2 is 1.80 bits per heavy atom. The molecule has 0 atom stereocenters. The van der Waals surface area contributed by atoms with E-state index < -0.39 is 0 Å². The lowest BCUT2D eigenvalue weighted by molar-refractivity contribution is 0.698. The Morgan fingerprint density at radius 3 is 2.40 bits per heavy atom. The molecule has 0 radical (unpaired) electrons. The van der Waals surface area contributed by atoms with E-state index in [1.165, 1.54) is 12.8 Å². The predicted octanol–water partition coefficient (Wildman–Crippen LogP) is 6.12. The lowest BCUT2D eigenvalue weighted by Crippen LogP contribution is -2.27. The maximum Gasteiger partial charge on any atom is 0.229 e. The highest BCUT2D eigenvalue weighted by Crippen LogP contribution is 2.36. The molecule has 1 heterocycles. The average molecular weight is 400 g/mol. The Labute approximate surface area is 163 Å². The van der Waals surface area contributed by atoms with Crippen LogP contribution in [-0.4, -0.2) is 23.1 Å². The van der Waals surface area contributed by atoms with Crippen molar-refractivity contribution >= 4 is 52.3 Å². The Balaban J connectivity index is 1.88. The Morgan fingerprint density at radius 1 is 1.12 bits per heavy atom. The van der Waals surface area contributed by atoms with Gasteiger partial charge in [-0.05, 0) is 44.2 Å². The molecule has 3 rings (SSSR count). The van der Waals surface area contributed by atoms with Crippen molar-refractivity contribution in [3.05, 3.63) is 39.0 Å². The van der Waals surface area contributed by atoms with Crippen LogP contribution in [0.3, 0.4) is 0 Å². The molecule has 1 aliphatic rings. The van der Waals surface area contributed by atoms with Gasteiger partial charge in [0.05, 0.1) is 15.7 Å². The fourth-order valence-electron chi connectivity index (χ4n) is 2.72. The normalized spacial score (nSPS) is 13.8. The van der Waals surface area contributed by atoms with Gasteiger partial charge in [-0.25, -0.2) is 4.98 Å². The number of aromatic nitrogens is 2. The van der Waals surface area contributed by atoms with Crippen LogP contribution >= 0.6 is 34.8 Å². The molecule has 1 aliphatic carbocycles. The molecule has 1 aromatic heterocycles. The first-order valence-corrected chi connectivity index (χ1v) is 9.62. The summed E-state index contributed by atoms with van der Waals surface area (Å²) in [6.07, 6.45) is 3.70. The van der Waals surface area contributed by atoms with Gasteiger partial charge in [-0.1, -0.05) is 41.7 Å². The van der Waals surface area contributed by atoms with Gasteiger partial charge in [0.25, 0.3) is 0 Å². The van der Waals surface area contributed by atoms with Crippen molar-refractivity contribution in [1.82, 2.24) is 9.97 Å². The van der Waals surface area contributed by atoms with E-state index in [0.29, 0.717) is 26.7 Å². The smallest absolute Gasteiger partial charge is 0.229 e. The second-order valence-corrected chi connectivity index (χ2v) is 7.70. The molecule has 2 aromatic rings. The van der Waals surface area contributed by atoms with Crippen LogP contribution in [0.15, 0.2) is 18.2 Å². The lowest BCUT2D eigenvalue weighted by Gasteiger charge is -2.24. The van der Waals surface area contributed by atoms with E-state index in [1.54, 1.807) is 12.1 Å². The summed E-state index contributed by atoms with van der Waals surface area (Å²) in [5.41, 5.74) is 1.46. The highest BCUT2D eigenvalue weighted by atomic mass is 35.5. The molecular formula is C18H21Cl3N4. The van der Waals surface area contributed by atoms with Gasteiger partial charge in [-0.15, -0.1) is 0 Å². The van der Waals surface area contributed by atoms with Crippen LogP contribution in [-0.2, 0) is 0 Å². The summed E-state index contributed by atoms with van der Waals surface area (Å²) >= 11 is 18.5. The number of nitrogens with zero attached hydrogens (tertiary/aromatic N) is 3. The van der Waals surface area contributed by atoms with Crippen LogP contribution in [0.5, 0.6) is 0 Å². The molecule has 0 unspecified atom stereocenters. The molecule has 1 saturated carbocycles. The van der Waals surface area contributed by atoms with E-state index in [2.05, 4.69) is 27.1 Å². The van der Waals surface area contributed by atoms with Crippen molar-refractivity contribution in [3.63, 3.8) is 0 Å². The molecule has 0 aliphatic heterocycles. The highest BCUT2D eigenvalue weighted by Gasteiger charge is 2.25. The number of rotatable bonds is 7. The maximum atomic E-state index is 6.26. The fraction of sp³-hybridized carbons (Fsp3) is 0.444. The van der Waals surface area contributed by atoms with E-state index in [4.69, 9.17) is 34.8 Å². The van der Waals surface area contributed by atoms with Crippen LogP contribution in [0.25, 0.3) is 0 Å². The predicted molar refractivity (Wildman–Crippen MR) is 107 cm³/mol. The summed E-state index contributed by atoms with van der Waals surface area (Å²) in [7, 11) is 0. The standard InChI is InChI=1S/C18H21Cl3N4/c1-3-6-25(10-12-4-5-12)16-7-11(2)22-18(23-16)24-17-14(20)8-13(19)9-15(17)21/h7-9,12H,3-6,10H2,1-2H3,(H,22,23,24). The van der Waals surface area contributed by atoms with Crippen LogP contribution in [0.1, 0.15) is 31.9 Å². The zero-order valence-electron chi connectivity index (χ0n) is 14.3. The van der Waals surface area contributed by atoms with Gasteiger partial charge in [0.1, 0.15) is 5.82 Å². The van der Waals surface area contributed by atoms with Crippen molar-refractivity contribution in [2.45, 2.75) is 33.1 Å². The SMILES string of the molecule is CCCN(CC1CC1)c1cc(C)nc(Nc2c(Cl)cc(Cl)cc2Cl)n1. The van der Waals surface area contributed by atoms with Crippen molar-refractivity contribution in [2.24, 2.45) is 5.92 Å². The molecule has 1 fully saturated rings. The molecule has 4 nitrogen and oxygen atoms in total. The van der Waals surface area contributed by atoms with Crippen molar-refractivity contribution in [2.75, 3.05) is 23.3 Å². The van der Waals surface area contributed by atoms with E-state index in [1.807, 2.05) is 13.0 Å². The molecule has 7 heteroatoms. The molecule has 0 bridgehead atoms. The molecular weight excluding hydrogens is 379 g/mol. The quantitative estimate of drug-likeness (QED) is 0.609. The second-order valence-electron chi connectivity index (χ2n) is 6.45. The summed E-state index contributed by atoms with van der Waals surface area (Å²) in [4.78, 5) is 11.5.